The summed E-state index contributed by atoms with van der Waals surface area (Å²) in [7, 11) is 0. The number of halogens is 1. The van der Waals surface area contributed by atoms with Gasteiger partial charge in [-0.3, -0.25) is 4.57 Å². The van der Waals surface area contributed by atoms with Crippen LogP contribution in [0, 0.1) is 17.1 Å². The molecular weight excluding hydrogens is 355 g/mol. The fraction of sp³-hybridized carbons (Fsp3) is 0.167. The first-order valence-corrected chi connectivity index (χ1v) is 8.74. The molecule has 1 aromatic heterocycles. The lowest BCUT2D eigenvalue weighted by Crippen LogP contribution is -2.20. The van der Waals surface area contributed by atoms with Crippen LogP contribution in [-0.4, -0.2) is 38.3 Å². The topological polar surface area (TPSA) is 84.0 Å². The van der Waals surface area contributed by atoms with E-state index in [2.05, 4.69) is 10.2 Å². The summed E-state index contributed by atoms with van der Waals surface area (Å²) in [6, 6.07) is 15.0. The van der Waals surface area contributed by atoms with Gasteiger partial charge in [0.1, 0.15) is 24.5 Å². The van der Waals surface area contributed by atoms with Crippen molar-refractivity contribution in [1.29, 1.82) is 5.26 Å². The van der Waals surface area contributed by atoms with E-state index in [-0.39, 0.29) is 12.4 Å². The number of ether oxygens (including phenoxy) is 1. The zero-order chi connectivity index (χ0) is 18.4. The number of para-hydroxylation sites is 1. The zero-order valence-electron chi connectivity index (χ0n) is 13.6. The Balaban J connectivity index is 1.55. The van der Waals surface area contributed by atoms with Gasteiger partial charge in [0.15, 0.2) is 5.16 Å². The molecule has 0 spiro atoms. The fourth-order valence-electron chi connectivity index (χ4n) is 2.17. The maximum Gasteiger partial charge on any atom is 0.195 e. The van der Waals surface area contributed by atoms with Crippen LogP contribution < -0.4 is 4.74 Å². The molecule has 0 amide bonds. The van der Waals surface area contributed by atoms with E-state index < -0.39 is 6.10 Å². The van der Waals surface area contributed by atoms with Gasteiger partial charge in [0, 0.05) is 5.75 Å². The number of rotatable bonds is 7. The predicted molar refractivity (Wildman–Crippen MR) is 94.7 cm³/mol. The minimum Gasteiger partial charge on any atom is -0.491 e. The largest absolute Gasteiger partial charge is 0.491 e. The van der Waals surface area contributed by atoms with Gasteiger partial charge < -0.3 is 9.84 Å². The fourth-order valence-corrected chi connectivity index (χ4v) is 3.00. The number of aliphatic hydroxyl groups excluding tert-OH is 1. The van der Waals surface area contributed by atoms with Crippen LogP contribution in [0.5, 0.6) is 5.75 Å². The Kier molecular flexibility index (Phi) is 5.84. The summed E-state index contributed by atoms with van der Waals surface area (Å²) in [5.41, 5.74) is 0.893. The molecule has 1 atom stereocenters. The molecule has 6 nitrogen and oxygen atoms in total. The second-order valence-electron chi connectivity index (χ2n) is 5.35. The highest BCUT2D eigenvalue weighted by Crippen LogP contribution is 2.22. The number of hydrogen-bond donors (Lipinski definition) is 1. The van der Waals surface area contributed by atoms with E-state index in [4.69, 9.17) is 10.00 Å². The Morgan fingerprint density at radius 3 is 2.73 bits per heavy atom. The van der Waals surface area contributed by atoms with Crippen molar-refractivity contribution in [2.45, 2.75) is 11.3 Å². The van der Waals surface area contributed by atoms with E-state index in [1.165, 1.54) is 28.7 Å². The van der Waals surface area contributed by atoms with E-state index >= 15 is 0 Å². The lowest BCUT2D eigenvalue weighted by atomic mass is 10.2. The number of aliphatic hydroxyl groups is 1. The number of benzene rings is 2. The lowest BCUT2D eigenvalue weighted by molar-refractivity contribution is 0.126. The van der Waals surface area contributed by atoms with E-state index in [1.54, 1.807) is 42.5 Å². The van der Waals surface area contributed by atoms with E-state index in [0.717, 1.165) is 0 Å². The van der Waals surface area contributed by atoms with Crippen molar-refractivity contribution in [2.24, 2.45) is 0 Å². The summed E-state index contributed by atoms with van der Waals surface area (Å²) in [5, 5.41) is 27.1. The van der Waals surface area contributed by atoms with Gasteiger partial charge in [-0.25, -0.2) is 4.39 Å². The van der Waals surface area contributed by atoms with Crippen molar-refractivity contribution in [3.63, 3.8) is 0 Å². The molecule has 2 aromatic carbocycles. The Morgan fingerprint density at radius 2 is 2.00 bits per heavy atom. The third-order valence-corrected chi connectivity index (χ3v) is 4.55. The van der Waals surface area contributed by atoms with Crippen molar-refractivity contribution in [3.05, 3.63) is 66.2 Å². The van der Waals surface area contributed by atoms with Crippen molar-refractivity contribution >= 4 is 11.8 Å². The first-order valence-electron chi connectivity index (χ1n) is 7.76. The minimum atomic E-state index is -0.749. The van der Waals surface area contributed by atoms with Gasteiger partial charge in [0.25, 0.3) is 0 Å². The maximum atomic E-state index is 13.9. The Hall–Kier alpha value is -2.89. The van der Waals surface area contributed by atoms with Crippen LogP contribution >= 0.6 is 11.8 Å². The maximum absolute atomic E-state index is 13.9. The molecule has 8 heteroatoms. The van der Waals surface area contributed by atoms with Crippen LogP contribution in [0.4, 0.5) is 4.39 Å². The van der Waals surface area contributed by atoms with Crippen molar-refractivity contribution in [3.8, 4) is 17.5 Å². The number of nitriles is 1. The van der Waals surface area contributed by atoms with Crippen LogP contribution in [-0.2, 0) is 0 Å². The molecule has 26 heavy (non-hydrogen) atoms. The number of nitrogens with zero attached hydrogens (tertiary/aromatic N) is 4. The molecule has 0 bridgehead atoms. The second-order valence-corrected chi connectivity index (χ2v) is 6.33. The van der Waals surface area contributed by atoms with Crippen LogP contribution in [0.25, 0.3) is 5.69 Å². The molecule has 0 aliphatic rings. The van der Waals surface area contributed by atoms with Crippen LogP contribution in [0.15, 0.2) is 60.0 Å². The second kappa shape index (κ2) is 8.47. The number of thioether (sulfide) groups is 1. The molecule has 132 valence electrons. The third kappa shape index (κ3) is 4.39. The average molecular weight is 370 g/mol. The molecule has 0 saturated carbocycles. The lowest BCUT2D eigenvalue weighted by Gasteiger charge is -2.12. The molecule has 1 heterocycles. The first-order chi connectivity index (χ1) is 12.7. The van der Waals surface area contributed by atoms with Gasteiger partial charge >= 0.3 is 0 Å². The molecule has 0 fully saturated rings. The predicted octanol–water partition coefficient (Wildman–Crippen LogP) is 2.81. The van der Waals surface area contributed by atoms with Crippen molar-refractivity contribution in [2.75, 3.05) is 12.4 Å². The summed E-state index contributed by atoms with van der Waals surface area (Å²) in [6.07, 6.45) is 0.682. The minimum absolute atomic E-state index is 0.0900. The monoisotopic (exact) mass is 370 g/mol. The van der Waals surface area contributed by atoms with Gasteiger partial charge in [-0.1, -0.05) is 23.9 Å². The Morgan fingerprint density at radius 1 is 1.23 bits per heavy atom. The molecule has 1 N–H and O–H groups in total. The quantitative estimate of drug-likeness (QED) is 0.644. The normalized spacial score (nSPS) is 11.7. The Bertz CT molecular complexity index is 908. The summed E-state index contributed by atoms with van der Waals surface area (Å²) < 4.78 is 21.0. The number of hydrogen-bond acceptors (Lipinski definition) is 6. The van der Waals surface area contributed by atoms with Crippen molar-refractivity contribution < 1.29 is 14.2 Å². The van der Waals surface area contributed by atoms with E-state index in [0.29, 0.717) is 27.9 Å². The van der Waals surface area contributed by atoms with Crippen LogP contribution in [0.3, 0.4) is 0 Å². The molecule has 3 rings (SSSR count). The smallest absolute Gasteiger partial charge is 0.195 e. The third-order valence-electron chi connectivity index (χ3n) is 3.46. The van der Waals surface area contributed by atoms with Crippen molar-refractivity contribution in [1.82, 2.24) is 14.8 Å². The first kappa shape index (κ1) is 17.9. The van der Waals surface area contributed by atoms with Gasteiger partial charge in [0.2, 0.25) is 0 Å². The summed E-state index contributed by atoms with van der Waals surface area (Å²) in [4.78, 5) is 0. The molecular formula is C18H15FN4O2S. The molecule has 0 radical (unpaired) electrons. The highest BCUT2D eigenvalue weighted by atomic mass is 32.2. The summed E-state index contributed by atoms with van der Waals surface area (Å²) in [5.74, 6) is 0.505. The van der Waals surface area contributed by atoms with E-state index in [9.17, 15) is 9.50 Å². The standard InChI is InChI=1S/C18H15FN4O2S/c19-16-3-1-2-4-17(16)23-12-21-22-18(23)26-11-14(24)10-25-15-7-5-13(9-20)6-8-15/h1-8,12,14,24H,10-11H2/t14-/m1/s1. The summed E-state index contributed by atoms with van der Waals surface area (Å²) >= 11 is 1.26. The van der Waals surface area contributed by atoms with Crippen LogP contribution in [0.1, 0.15) is 5.56 Å². The van der Waals surface area contributed by atoms with Gasteiger partial charge in [-0.2, -0.15) is 5.26 Å². The van der Waals surface area contributed by atoms with Gasteiger partial charge in [-0.05, 0) is 36.4 Å². The average Bonchev–Trinajstić information content (AvgIpc) is 3.14. The SMILES string of the molecule is N#Cc1ccc(OC[C@@H](O)CSc2nncn2-c2ccccc2F)cc1. The van der Waals surface area contributed by atoms with Gasteiger partial charge in [0.05, 0.1) is 23.4 Å². The Labute approximate surface area is 153 Å². The number of aromatic nitrogens is 3. The highest BCUT2D eigenvalue weighted by Gasteiger charge is 2.13. The molecule has 0 saturated heterocycles. The van der Waals surface area contributed by atoms with E-state index in [1.807, 2.05) is 6.07 Å². The molecule has 0 aliphatic carbocycles. The van der Waals surface area contributed by atoms with Crippen LogP contribution in [0.2, 0.25) is 0 Å². The highest BCUT2D eigenvalue weighted by molar-refractivity contribution is 7.99. The molecule has 0 aliphatic heterocycles. The molecule has 0 unspecified atom stereocenters. The molecule has 3 aromatic rings. The summed E-state index contributed by atoms with van der Waals surface area (Å²) in [6.45, 7) is 0.0900. The van der Waals surface area contributed by atoms with Gasteiger partial charge in [-0.15, -0.1) is 10.2 Å². The zero-order valence-corrected chi connectivity index (χ0v) is 14.4.